The third-order valence-corrected chi connectivity index (χ3v) is 3.32. The Morgan fingerprint density at radius 3 is 2.09 bits per heavy atom. The summed E-state index contributed by atoms with van der Waals surface area (Å²) in [6.45, 7) is 0. The van der Waals surface area contributed by atoms with Crippen LogP contribution in [0.2, 0.25) is 0 Å². The molecule has 0 saturated carbocycles. The minimum absolute atomic E-state index is 0.290. The smallest absolute Gasteiger partial charge is 0.346 e. The van der Waals surface area contributed by atoms with Crippen molar-refractivity contribution >= 4 is 5.97 Å². The van der Waals surface area contributed by atoms with E-state index in [0.29, 0.717) is 11.8 Å². The monoisotopic (exact) mass is 310 g/mol. The molecular formula is C19H12F2O2. The van der Waals surface area contributed by atoms with Crippen LogP contribution in [0.3, 0.4) is 0 Å². The fourth-order valence-corrected chi connectivity index (χ4v) is 2.16. The van der Waals surface area contributed by atoms with Crippen molar-refractivity contribution < 1.29 is 18.3 Å². The first-order chi connectivity index (χ1) is 11.1. The molecule has 0 aliphatic heterocycles. The lowest BCUT2D eigenvalue weighted by molar-refractivity contribution is 0.0730. The van der Waals surface area contributed by atoms with Crippen molar-refractivity contribution in [2.45, 2.75) is 0 Å². The Hall–Kier alpha value is -3.01. The van der Waals surface area contributed by atoms with Gasteiger partial charge in [-0.15, -0.1) is 0 Å². The molecule has 3 aromatic carbocycles. The topological polar surface area (TPSA) is 26.3 Å². The number of hydrogen-bond donors (Lipinski definition) is 0. The zero-order valence-electron chi connectivity index (χ0n) is 12.0. The lowest BCUT2D eigenvalue weighted by atomic mass is 10.1. The number of halogens is 2. The molecule has 0 saturated heterocycles. The fraction of sp³-hybridized carbons (Fsp3) is 0. The van der Waals surface area contributed by atoms with Crippen molar-refractivity contribution in [1.82, 2.24) is 0 Å². The lowest BCUT2D eigenvalue weighted by Gasteiger charge is -2.07. The number of esters is 1. The van der Waals surface area contributed by atoms with Crippen molar-refractivity contribution in [2.75, 3.05) is 0 Å². The van der Waals surface area contributed by atoms with Gasteiger partial charge in [-0.1, -0.05) is 42.5 Å². The Morgan fingerprint density at radius 1 is 0.783 bits per heavy atom. The van der Waals surface area contributed by atoms with Gasteiger partial charge in [0.2, 0.25) is 0 Å². The third-order valence-electron chi connectivity index (χ3n) is 3.32. The molecule has 2 nitrogen and oxygen atoms in total. The summed E-state index contributed by atoms with van der Waals surface area (Å²) in [5, 5.41) is 0. The molecule has 0 radical (unpaired) electrons. The minimum Gasteiger partial charge on any atom is -0.423 e. The molecule has 0 aliphatic carbocycles. The van der Waals surface area contributed by atoms with Crippen molar-refractivity contribution in [3.8, 4) is 16.9 Å². The van der Waals surface area contributed by atoms with E-state index in [1.165, 1.54) is 0 Å². The molecule has 4 heteroatoms. The van der Waals surface area contributed by atoms with Crippen LogP contribution >= 0.6 is 0 Å². The Bertz CT molecular complexity index is 828. The highest BCUT2D eigenvalue weighted by molar-refractivity contribution is 5.91. The summed E-state index contributed by atoms with van der Waals surface area (Å²) in [6, 6.07) is 19.3. The van der Waals surface area contributed by atoms with E-state index in [1.807, 2.05) is 30.3 Å². The summed E-state index contributed by atoms with van der Waals surface area (Å²) in [7, 11) is 0. The van der Waals surface area contributed by atoms with Crippen LogP contribution in [0.25, 0.3) is 11.1 Å². The second-order valence-corrected chi connectivity index (χ2v) is 4.90. The lowest BCUT2D eigenvalue weighted by Crippen LogP contribution is -2.10. The first-order valence-corrected chi connectivity index (χ1v) is 6.96. The fourth-order valence-electron chi connectivity index (χ4n) is 2.16. The molecular weight excluding hydrogens is 298 g/mol. The molecule has 114 valence electrons. The standard InChI is InChI=1S/C19H12F2O2/c20-15-8-11-17(18(21)12-15)19(22)23-16-9-6-14(7-10-16)13-4-2-1-3-5-13/h1-12H. The third kappa shape index (κ3) is 3.43. The highest BCUT2D eigenvalue weighted by Gasteiger charge is 2.14. The second-order valence-electron chi connectivity index (χ2n) is 4.90. The van der Waals surface area contributed by atoms with E-state index in [4.69, 9.17) is 4.74 Å². The Morgan fingerprint density at radius 2 is 1.43 bits per heavy atom. The molecule has 0 fully saturated rings. The molecule has 0 heterocycles. The Labute approximate surface area is 132 Å². The van der Waals surface area contributed by atoms with Gasteiger partial charge in [0.15, 0.2) is 0 Å². The number of ether oxygens (including phenoxy) is 1. The summed E-state index contributed by atoms with van der Waals surface area (Å²) in [5.74, 6) is -2.27. The number of benzene rings is 3. The van der Waals surface area contributed by atoms with E-state index in [9.17, 15) is 13.6 Å². The van der Waals surface area contributed by atoms with Crippen LogP contribution in [0.4, 0.5) is 8.78 Å². The van der Waals surface area contributed by atoms with Crippen LogP contribution in [0.5, 0.6) is 5.75 Å². The highest BCUT2D eigenvalue weighted by atomic mass is 19.1. The molecule has 0 spiro atoms. The average molecular weight is 310 g/mol. The van der Waals surface area contributed by atoms with Gasteiger partial charge in [-0.3, -0.25) is 0 Å². The van der Waals surface area contributed by atoms with E-state index < -0.39 is 17.6 Å². The zero-order valence-corrected chi connectivity index (χ0v) is 12.0. The van der Waals surface area contributed by atoms with Gasteiger partial charge in [-0.2, -0.15) is 0 Å². The van der Waals surface area contributed by atoms with Crippen LogP contribution in [-0.2, 0) is 0 Å². The van der Waals surface area contributed by atoms with E-state index in [-0.39, 0.29) is 5.56 Å². The van der Waals surface area contributed by atoms with Crippen molar-refractivity contribution in [1.29, 1.82) is 0 Å². The Balaban J connectivity index is 1.77. The molecule has 0 atom stereocenters. The minimum atomic E-state index is -0.948. The summed E-state index contributed by atoms with van der Waals surface area (Å²) in [4.78, 5) is 11.9. The quantitative estimate of drug-likeness (QED) is 0.510. The SMILES string of the molecule is O=C(Oc1ccc(-c2ccccc2)cc1)c1ccc(F)cc1F. The van der Waals surface area contributed by atoms with Crippen molar-refractivity contribution in [3.05, 3.63) is 90.0 Å². The predicted octanol–water partition coefficient (Wildman–Crippen LogP) is 4.85. The second kappa shape index (κ2) is 6.40. The molecule has 0 aromatic heterocycles. The Kier molecular flexibility index (Phi) is 4.15. The van der Waals surface area contributed by atoms with Crippen LogP contribution in [-0.4, -0.2) is 5.97 Å². The van der Waals surface area contributed by atoms with Crippen LogP contribution in [0, 0.1) is 11.6 Å². The van der Waals surface area contributed by atoms with E-state index in [0.717, 1.165) is 23.3 Å². The van der Waals surface area contributed by atoms with Gasteiger partial charge in [0, 0.05) is 6.07 Å². The van der Waals surface area contributed by atoms with Crippen molar-refractivity contribution in [3.63, 3.8) is 0 Å². The van der Waals surface area contributed by atoms with E-state index in [1.54, 1.807) is 24.3 Å². The number of carbonyl (C=O) groups excluding carboxylic acids is 1. The molecule has 0 aliphatic rings. The molecule has 0 unspecified atom stereocenters. The maximum atomic E-state index is 13.5. The largest absolute Gasteiger partial charge is 0.423 e. The van der Waals surface area contributed by atoms with Gasteiger partial charge in [-0.05, 0) is 35.4 Å². The van der Waals surface area contributed by atoms with E-state index in [2.05, 4.69) is 0 Å². The first-order valence-electron chi connectivity index (χ1n) is 6.96. The zero-order chi connectivity index (χ0) is 16.2. The van der Waals surface area contributed by atoms with Gasteiger partial charge in [0.25, 0.3) is 0 Å². The summed E-state index contributed by atoms with van der Waals surface area (Å²) in [6.07, 6.45) is 0. The normalized spacial score (nSPS) is 10.3. The van der Waals surface area contributed by atoms with Gasteiger partial charge < -0.3 is 4.74 Å². The first kappa shape index (κ1) is 14.9. The number of hydrogen-bond acceptors (Lipinski definition) is 2. The molecule has 3 aromatic rings. The maximum Gasteiger partial charge on any atom is 0.346 e. The maximum absolute atomic E-state index is 13.5. The summed E-state index contributed by atoms with van der Waals surface area (Å²) in [5.41, 5.74) is 1.70. The van der Waals surface area contributed by atoms with Gasteiger partial charge >= 0.3 is 5.97 Å². The molecule has 3 rings (SSSR count). The van der Waals surface area contributed by atoms with Crippen LogP contribution in [0.15, 0.2) is 72.8 Å². The summed E-state index contributed by atoms with van der Waals surface area (Å²) < 4.78 is 31.5. The van der Waals surface area contributed by atoms with Gasteiger partial charge in [-0.25, -0.2) is 13.6 Å². The van der Waals surface area contributed by atoms with E-state index >= 15 is 0 Å². The van der Waals surface area contributed by atoms with Gasteiger partial charge in [0.05, 0.1) is 5.56 Å². The molecule has 0 N–H and O–H groups in total. The summed E-state index contributed by atoms with van der Waals surface area (Å²) >= 11 is 0. The molecule has 23 heavy (non-hydrogen) atoms. The average Bonchev–Trinajstić information content (AvgIpc) is 2.56. The van der Waals surface area contributed by atoms with Crippen LogP contribution in [0.1, 0.15) is 10.4 Å². The number of rotatable bonds is 3. The highest BCUT2D eigenvalue weighted by Crippen LogP contribution is 2.23. The van der Waals surface area contributed by atoms with Crippen molar-refractivity contribution in [2.24, 2.45) is 0 Å². The molecule has 0 bridgehead atoms. The van der Waals surface area contributed by atoms with Crippen LogP contribution < -0.4 is 4.74 Å². The molecule has 0 amide bonds. The predicted molar refractivity (Wildman–Crippen MR) is 83.2 cm³/mol. The number of carbonyl (C=O) groups is 1. The van der Waals surface area contributed by atoms with Gasteiger partial charge in [0.1, 0.15) is 17.4 Å².